The van der Waals surface area contributed by atoms with Gasteiger partial charge in [-0.05, 0) is 47.8 Å². The van der Waals surface area contributed by atoms with E-state index in [9.17, 15) is 9.59 Å². The third kappa shape index (κ3) is 2.63. The number of halogens is 1. The molecule has 3 rings (SSSR count). The Hall–Kier alpha value is -0.880. The molecule has 2 aliphatic rings. The lowest BCUT2D eigenvalue weighted by Crippen LogP contribution is -2.70. The van der Waals surface area contributed by atoms with Crippen LogP contribution in [-0.2, 0) is 16.1 Å². The van der Waals surface area contributed by atoms with Crippen LogP contribution in [-0.4, -0.2) is 28.3 Å². The minimum atomic E-state index is -0.627. The number of hydrogen-bond donors (Lipinski definition) is 1. The van der Waals surface area contributed by atoms with Gasteiger partial charge >= 0.3 is 0 Å². The molecule has 1 spiro atoms. The van der Waals surface area contributed by atoms with E-state index < -0.39 is 11.6 Å². The second-order valence-corrected chi connectivity index (χ2v) is 8.47. The first-order valence-corrected chi connectivity index (χ1v) is 9.00. The molecule has 1 saturated carbocycles. The van der Waals surface area contributed by atoms with Crippen molar-refractivity contribution in [2.45, 2.75) is 57.2 Å². The third-order valence-corrected chi connectivity index (χ3v) is 6.16. The smallest absolute Gasteiger partial charge is 0.246 e. The maximum atomic E-state index is 12.7. The molecule has 1 aromatic rings. The maximum Gasteiger partial charge on any atom is 0.246 e. The van der Waals surface area contributed by atoms with Crippen LogP contribution in [0, 0.1) is 0 Å². The van der Waals surface area contributed by atoms with Crippen LogP contribution in [0.2, 0.25) is 0 Å². The van der Waals surface area contributed by atoms with E-state index in [2.05, 4.69) is 21.2 Å². The number of hydrogen-bond acceptors (Lipinski definition) is 3. The Bertz CT molecular complexity index is 566. The van der Waals surface area contributed by atoms with Crippen LogP contribution in [0.15, 0.2) is 15.9 Å². The summed E-state index contributed by atoms with van der Waals surface area (Å²) < 4.78 is 1.05. The van der Waals surface area contributed by atoms with E-state index in [0.29, 0.717) is 6.54 Å². The molecule has 0 aromatic carbocycles. The molecule has 1 aliphatic heterocycles. The largest absolute Gasteiger partial charge is 0.343 e. The number of piperazine rings is 1. The van der Waals surface area contributed by atoms with Crippen molar-refractivity contribution in [2.75, 3.05) is 0 Å². The highest BCUT2D eigenvalue weighted by Crippen LogP contribution is 2.38. The summed E-state index contributed by atoms with van der Waals surface area (Å²) in [6.45, 7) is 2.31. The van der Waals surface area contributed by atoms with Gasteiger partial charge in [-0.25, -0.2) is 0 Å². The van der Waals surface area contributed by atoms with Gasteiger partial charge in [0.1, 0.15) is 11.6 Å². The molecule has 1 unspecified atom stereocenters. The van der Waals surface area contributed by atoms with Gasteiger partial charge in [0, 0.05) is 4.88 Å². The van der Waals surface area contributed by atoms with Crippen molar-refractivity contribution in [1.29, 1.82) is 0 Å². The maximum absolute atomic E-state index is 12.7. The zero-order valence-corrected chi connectivity index (χ0v) is 14.4. The standard InChI is InChI=1S/C15H19BrN2O2S/c1-10-13(19)18(9-11-5-6-12(16)21-11)15(14(20)17-10)7-3-2-4-8-15/h5-6,10H,2-4,7-9H2,1H3,(H,17,20). The quantitative estimate of drug-likeness (QED) is 0.869. The Labute approximate surface area is 137 Å². The van der Waals surface area contributed by atoms with Gasteiger partial charge in [-0.3, -0.25) is 9.59 Å². The molecule has 0 bridgehead atoms. The van der Waals surface area contributed by atoms with Crippen LogP contribution >= 0.6 is 27.3 Å². The summed E-state index contributed by atoms with van der Waals surface area (Å²) in [5.74, 6) is 0.0749. The zero-order valence-electron chi connectivity index (χ0n) is 12.0. The molecule has 0 radical (unpaired) electrons. The van der Waals surface area contributed by atoms with Crippen molar-refractivity contribution in [3.63, 3.8) is 0 Å². The summed E-state index contributed by atoms with van der Waals surface area (Å²) in [4.78, 5) is 28.2. The number of thiophene rings is 1. The topological polar surface area (TPSA) is 49.4 Å². The lowest BCUT2D eigenvalue weighted by atomic mass is 9.77. The van der Waals surface area contributed by atoms with Crippen molar-refractivity contribution in [1.82, 2.24) is 10.2 Å². The van der Waals surface area contributed by atoms with Gasteiger partial charge < -0.3 is 10.2 Å². The number of nitrogens with one attached hydrogen (secondary N) is 1. The molecule has 114 valence electrons. The summed E-state index contributed by atoms with van der Waals surface area (Å²) in [5, 5.41) is 2.87. The van der Waals surface area contributed by atoms with Crippen LogP contribution in [0.1, 0.15) is 43.9 Å². The molecule has 1 aliphatic carbocycles. The Morgan fingerprint density at radius 3 is 2.67 bits per heavy atom. The first kappa shape index (κ1) is 15.0. The highest BCUT2D eigenvalue weighted by molar-refractivity contribution is 9.11. The second kappa shape index (κ2) is 5.72. The van der Waals surface area contributed by atoms with Crippen molar-refractivity contribution in [3.05, 3.63) is 20.8 Å². The molecule has 1 N–H and O–H groups in total. The SMILES string of the molecule is CC1NC(=O)C2(CCCCC2)N(Cc2ccc(Br)s2)C1=O. The Morgan fingerprint density at radius 1 is 1.33 bits per heavy atom. The molecular formula is C15H19BrN2O2S. The van der Waals surface area contributed by atoms with E-state index in [-0.39, 0.29) is 11.8 Å². The number of amides is 2. The molecule has 1 aromatic heterocycles. The van der Waals surface area contributed by atoms with Crippen LogP contribution < -0.4 is 5.32 Å². The van der Waals surface area contributed by atoms with E-state index in [0.717, 1.165) is 40.8 Å². The monoisotopic (exact) mass is 370 g/mol. The van der Waals surface area contributed by atoms with Crippen molar-refractivity contribution in [3.8, 4) is 0 Å². The van der Waals surface area contributed by atoms with E-state index in [1.54, 1.807) is 18.3 Å². The molecule has 4 nitrogen and oxygen atoms in total. The van der Waals surface area contributed by atoms with Crippen molar-refractivity contribution >= 4 is 39.1 Å². The van der Waals surface area contributed by atoms with Crippen LogP contribution in [0.25, 0.3) is 0 Å². The Kier molecular flexibility index (Phi) is 4.10. The Morgan fingerprint density at radius 2 is 2.05 bits per heavy atom. The van der Waals surface area contributed by atoms with Gasteiger partial charge in [0.05, 0.1) is 10.3 Å². The number of carbonyl (C=O) groups excluding carboxylic acids is 2. The number of nitrogens with zero attached hydrogens (tertiary/aromatic N) is 1. The van der Waals surface area contributed by atoms with Crippen LogP contribution in [0.5, 0.6) is 0 Å². The van der Waals surface area contributed by atoms with Gasteiger partial charge in [0.25, 0.3) is 0 Å². The highest BCUT2D eigenvalue weighted by Gasteiger charge is 2.51. The summed E-state index contributed by atoms with van der Waals surface area (Å²) >= 11 is 5.08. The van der Waals surface area contributed by atoms with E-state index in [1.165, 1.54) is 0 Å². The summed E-state index contributed by atoms with van der Waals surface area (Å²) in [6.07, 6.45) is 4.74. The highest BCUT2D eigenvalue weighted by atomic mass is 79.9. The van der Waals surface area contributed by atoms with Crippen LogP contribution in [0.4, 0.5) is 0 Å². The van der Waals surface area contributed by atoms with Crippen molar-refractivity contribution in [2.24, 2.45) is 0 Å². The van der Waals surface area contributed by atoms with Gasteiger partial charge in [-0.2, -0.15) is 0 Å². The molecule has 1 saturated heterocycles. The van der Waals surface area contributed by atoms with Gasteiger partial charge in [-0.15, -0.1) is 11.3 Å². The van der Waals surface area contributed by atoms with E-state index in [1.807, 2.05) is 17.0 Å². The molecule has 2 amide bonds. The molecule has 2 fully saturated rings. The number of carbonyl (C=O) groups is 2. The van der Waals surface area contributed by atoms with E-state index in [4.69, 9.17) is 0 Å². The lowest BCUT2D eigenvalue weighted by Gasteiger charge is -2.49. The first-order chi connectivity index (χ1) is 10.0. The minimum Gasteiger partial charge on any atom is -0.343 e. The fourth-order valence-electron chi connectivity index (χ4n) is 3.42. The van der Waals surface area contributed by atoms with Crippen LogP contribution in [0.3, 0.4) is 0 Å². The predicted octanol–water partition coefficient (Wildman–Crippen LogP) is 3.06. The first-order valence-electron chi connectivity index (χ1n) is 7.39. The normalized spacial score (nSPS) is 25.2. The average Bonchev–Trinajstić information content (AvgIpc) is 2.88. The Balaban J connectivity index is 1.93. The fraction of sp³-hybridized carbons (Fsp3) is 0.600. The fourth-order valence-corrected chi connectivity index (χ4v) is 4.89. The van der Waals surface area contributed by atoms with Gasteiger partial charge in [0.15, 0.2) is 0 Å². The number of rotatable bonds is 2. The average molecular weight is 371 g/mol. The molecule has 1 atom stereocenters. The minimum absolute atomic E-state index is 0.0323. The lowest BCUT2D eigenvalue weighted by molar-refractivity contribution is -0.160. The molecule has 21 heavy (non-hydrogen) atoms. The molecule has 6 heteroatoms. The predicted molar refractivity (Wildman–Crippen MR) is 86.0 cm³/mol. The molecular weight excluding hydrogens is 352 g/mol. The summed E-state index contributed by atoms with van der Waals surface area (Å²) in [5.41, 5.74) is -0.627. The van der Waals surface area contributed by atoms with Gasteiger partial charge in [0.2, 0.25) is 11.8 Å². The summed E-state index contributed by atoms with van der Waals surface area (Å²) in [6, 6.07) is 3.59. The third-order valence-electron chi connectivity index (χ3n) is 4.55. The second-order valence-electron chi connectivity index (χ2n) is 5.92. The van der Waals surface area contributed by atoms with Crippen molar-refractivity contribution < 1.29 is 9.59 Å². The zero-order chi connectivity index (χ0) is 15.0. The molecule has 2 heterocycles. The summed E-state index contributed by atoms with van der Waals surface area (Å²) in [7, 11) is 0. The van der Waals surface area contributed by atoms with E-state index >= 15 is 0 Å². The van der Waals surface area contributed by atoms with Gasteiger partial charge in [-0.1, -0.05) is 19.3 Å².